The standard InChI is InChI=1S/C17H29N/c1-11(2)14(7)18-17-9-8-15(12(3)4)10-16(17)13(5)6/h8-14,18H,1-7H3. The van der Waals surface area contributed by atoms with Gasteiger partial charge in [0, 0.05) is 11.7 Å². The van der Waals surface area contributed by atoms with Gasteiger partial charge in [-0.1, -0.05) is 53.7 Å². The van der Waals surface area contributed by atoms with Gasteiger partial charge in [0.25, 0.3) is 0 Å². The topological polar surface area (TPSA) is 12.0 Å². The molecule has 0 saturated heterocycles. The van der Waals surface area contributed by atoms with Crippen LogP contribution >= 0.6 is 0 Å². The minimum atomic E-state index is 0.507. The minimum absolute atomic E-state index is 0.507. The van der Waals surface area contributed by atoms with E-state index in [0.29, 0.717) is 23.8 Å². The van der Waals surface area contributed by atoms with E-state index in [1.54, 1.807) is 0 Å². The predicted molar refractivity (Wildman–Crippen MR) is 82.5 cm³/mol. The van der Waals surface area contributed by atoms with Crippen molar-refractivity contribution in [3.8, 4) is 0 Å². The van der Waals surface area contributed by atoms with Crippen LogP contribution in [0.1, 0.15) is 71.4 Å². The van der Waals surface area contributed by atoms with Crippen molar-refractivity contribution in [1.29, 1.82) is 0 Å². The summed E-state index contributed by atoms with van der Waals surface area (Å²) in [5, 5.41) is 3.66. The molecule has 18 heavy (non-hydrogen) atoms. The molecule has 1 atom stereocenters. The van der Waals surface area contributed by atoms with Gasteiger partial charge < -0.3 is 5.32 Å². The van der Waals surface area contributed by atoms with E-state index in [1.807, 2.05) is 0 Å². The summed E-state index contributed by atoms with van der Waals surface area (Å²) < 4.78 is 0. The molecule has 0 spiro atoms. The molecule has 0 aliphatic rings. The monoisotopic (exact) mass is 247 g/mol. The van der Waals surface area contributed by atoms with Crippen LogP contribution in [0.4, 0.5) is 5.69 Å². The van der Waals surface area contributed by atoms with Gasteiger partial charge in [0.2, 0.25) is 0 Å². The Labute approximate surface area is 113 Å². The lowest BCUT2D eigenvalue weighted by Crippen LogP contribution is -2.22. The van der Waals surface area contributed by atoms with Crippen LogP contribution in [-0.2, 0) is 0 Å². The molecular weight excluding hydrogens is 218 g/mol. The Hall–Kier alpha value is -0.980. The van der Waals surface area contributed by atoms with Gasteiger partial charge in [0.1, 0.15) is 0 Å². The molecule has 0 aliphatic carbocycles. The first-order valence-electron chi connectivity index (χ1n) is 7.23. The molecule has 102 valence electrons. The summed E-state index contributed by atoms with van der Waals surface area (Å²) in [7, 11) is 0. The van der Waals surface area contributed by atoms with Crippen molar-refractivity contribution < 1.29 is 0 Å². The van der Waals surface area contributed by atoms with Crippen LogP contribution in [-0.4, -0.2) is 6.04 Å². The van der Waals surface area contributed by atoms with Crippen LogP contribution in [0.25, 0.3) is 0 Å². The Morgan fingerprint density at radius 3 is 1.89 bits per heavy atom. The molecule has 0 amide bonds. The highest BCUT2D eigenvalue weighted by molar-refractivity contribution is 5.55. The first-order chi connectivity index (χ1) is 8.32. The van der Waals surface area contributed by atoms with Crippen molar-refractivity contribution in [3.63, 3.8) is 0 Å². The maximum absolute atomic E-state index is 3.66. The van der Waals surface area contributed by atoms with E-state index in [0.717, 1.165) is 0 Å². The lowest BCUT2D eigenvalue weighted by atomic mass is 9.93. The zero-order chi connectivity index (χ0) is 13.9. The first kappa shape index (κ1) is 15.1. The third-order valence-electron chi connectivity index (χ3n) is 3.75. The molecule has 1 heteroatoms. The number of hydrogen-bond acceptors (Lipinski definition) is 1. The van der Waals surface area contributed by atoms with E-state index < -0.39 is 0 Å². The van der Waals surface area contributed by atoms with Crippen molar-refractivity contribution in [2.75, 3.05) is 5.32 Å². The fourth-order valence-corrected chi connectivity index (χ4v) is 1.96. The van der Waals surface area contributed by atoms with Crippen molar-refractivity contribution in [2.45, 2.75) is 66.3 Å². The van der Waals surface area contributed by atoms with Crippen molar-refractivity contribution in [3.05, 3.63) is 29.3 Å². The number of rotatable bonds is 5. The van der Waals surface area contributed by atoms with Crippen molar-refractivity contribution in [2.24, 2.45) is 5.92 Å². The highest BCUT2D eigenvalue weighted by Crippen LogP contribution is 2.29. The number of benzene rings is 1. The molecule has 1 aromatic carbocycles. The van der Waals surface area contributed by atoms with E-state index >= 15 is 0 Å². The predicted octanol–water partition coefficient (Wildman–Crippen LogP) is 5.39. The lowest BCUT2D eigenvalue weighted by Gasteiger charge is -2.23. The number of hydrogen-bond donors (Lipinski definition) is 1. The van der Waals surface area contributed by atoms with Crippen molar-refractivity contribution >= 4 is 5.69 Å². The summed E-state index contributed by atoms with van der Waals surface area (Å²) in [5.74, 6) is 1.81. The molecule has 1 N–H and O–H groups in total. The third-order valence-corrected chi connectivity index (χ3v) is 3.75. The van der Waals surface area contributed by atoms with Gasteiger partial charge in [-0.2, -0.15) is 0 Å². The molecule has 1 aromatic rings. The Bertz CT molecular complexity index is 377. The van der Waals surface area contributed by atoms with E-state index in [9.17, 15) is 0 Å². The lowest BCUT2D eigenvalue weighted by molar-refractivity contribution is 0.559. The normalized spacial score (nSPS) is 13.4. The Morgan fingerprint density at radius 1 is 0.833 bits per heavy atom. The van der Waals surface area contributed by atoms with E-state index in [4.69, 9.17) is 0 Å². The average Bonchev–Trinajstić information content (AvgIpc) is 2.28. The first-order valence-corrected chi connectivity index (χ1v) is 7.23. The van der Waals surface area contributed by atoms with Gasteiger partial charge in [-0.05, 0) is 41.9 Å². The van der Waals surface area contributed by atoms with Gasteiger partial charge in [-0.25, -0.2) is 0 Å². The van der Waals surface area contributed by atoms with E-state index in [1.165, 1.54) is 16.8 Å². The summed E-state index contributed by atoms with van der Waals surface area (Å²) in [4.78, 5) is 0. The molecule has 0 aromatic heterocycles. The molecule has 0 fully saturated rings. The van der Waals surface area contributed by atoms with Crippen LogP contribution < -0.4 is 5.32 Å². The van der Waals surface area contributed by atoms with Crippen LogP contribution in [0.15, 0.2) is 18.2 Å². The zero-order valence-electron chi connectivity index (χ0n) is 13.0. The van der Waals surface area contributed by atoms with Gasteiger partial charge in [0.05, 0.1) is 0 Å². The van der Waals surface area contributed by atoms with Gasteiger partial charge >= 0.3 is 0 Å². The van der Waals surface area contributed by atoms with Crippen LogP contribution in [0.5, 0.6) is 0 Å². The van der Waals surface area contributed by atoms with Gasteiger partial charge in [0.15, 0.2) is 0 Å². The number of nitrogens with one attached hydrogen (secondary N) is 1. The Kier molecular flexibility index (Phi) is 5.25. The maximum atomic E-state index is 3.66. The smallest absolute Gasteiger partial charge is 0.0377 e. The highest BCUT2D eigenvalue weighted by Gasteiger charge is 2.13. The largest absolute Gasteiger partial charge is 0.382 e. The molecule has 1 unspecified atom stereocenters. The molecule has 0 heterocycles. The SMILES string of the molecule is CC(C)c1ccc(NC(C)C(C)C)c(C(C)C)c1. The Balaban J connectivity index is 3.04. The molecule has 0 aliphatic heterocycles. The maximum Gasteiger partial charge on any atom is 0.0377 e. The fourth-order valence-electron chi connectivity index (χ4n) is 1.96. The molecule has 1 rings (SSSR count). The molecule has 0 bridgehead atoms. The van der Waals surface area contributed by atoms with E-state index in [2.05, 4.69) is 72.0 Å². The summed E-state index contributed by atoms with van der Waals surface area (Å²) in [6, 6.07) is 7.38. The number of anilines is 1. The minimum Gasteiger partial charge on any atom is -0.382 e. The summed E-state index contributed by atoms with van der Waals surface area (Å²) in [6.07, 6.45) is 0. The third kappa shape index (κ3) is 3.76. The summed E-state index contributed by atoms with van der Waals surface area (Å²) in [6.45, 7) is 15.8. The highest BCUT2D eigenvalue weighted by atomic mass is 14.9. The molecule has 0 saturated carbocycles. The molecule has 1 nitrogen and oxygen atoms in total. The zero-order valence-corrected chi connectivity index (χ0v) is 13.0. The van der Waals surface area contributed by atoms with Gasteiger partial charge in [-0.15, -0.1) is 0 Å². The van der Waals surface area contributed by atoms with E-state index in [-0.39, 0.29) is 0 Å². The van der Waals surface area contributed by atoms with Crippen LogP contribution in [0.2, 0.25) is 0 Å². The quantitative estimate of drug-likeness (QED) is 0.735. The summed E-state index contributed by atoms with van der Waals surface area (Å²) in [5.41, 5.74) is 4.17. The van der Waals surface area contributed by atoms with Gasteiger partial charge in [-0.3, -0.25) is 0 Å². The molecular formula is C17H29N. The summed E-state index contributed by atoms with van der Waals surface area (Å²) >= 11 is 0. The fraction of sp³-hybridized carbons (Fsp3) is 0.647. The Morgan fingerprint density at radius 2 is 1.44 bits per heavy atom. The van der Waals surface area contributed by atoms with Crippen LogP contribution in [0.3, 0.4) is 0 Å². The van der Waals surface area contributed by atoms with Crippen molar-refractivity contribution in [1.82, 2.24) is 0 Å². The second-order valence-electron chi connectivity index (χ2n) is 6.33. The average molecular weight is 247 g/mol. The second-order valence-corrected chi connectivity index (χ2v) is 6.33. The molecule has 0 radical (unpaired) electrons. The van der Waals surface area contributed by atoms with Crippen LogP contribution in [0, 0.1) is 5.92 Å². The second kappa shape index (κ2) is 6.26.